The van der Waals surface area contributed by atoms with Crippen LogP contribution in [0.15, 0.2) is 24.3 Å². The summed E-state index contributed by atoms with van der Waals surface area (Å²) in [6.07, 6.45) is -4.57. The number of nitrogens with zero attached hydrogens (tertiary/aromatic N) is 2. The van der Waals surface area contributed by atoms with Gasteiger partial charge in [0.1, 0.15) is 0 Å². The number of rotatable bonds is 3. The molecule has 112 valence electrons. The van der Waals surface area contributed by atoms with Gasteiger partial charge in [0, 0.05) is 0 Å². The Hall–Kier alpha value is -2.78. The number of aromatic amines is 1. The predicted molar refractivity (Wildman–Crippen MR) is 67.0 cm³/mol. The van der Waals surface area contributed by atoms with E-state index in [1.807, 2.05) is 0 Å². The number of H-pyrrole nitrogens is 1. The Morgan fingerprint density at radius 2 is 2.00 bits per heavy atom. The number of anilines is 2. The second kappa shape index (κ2) is 5.69. The van der Waals surface area contributed by atoms with E-state index in [0.717, 1.165) is 12.1 Å². The highest BCUT2D eigenvalue weighted by Crippen LogP contribution is 2.34. The molecule has 2 amide bonds. The number of halogens is 3. The molecule has 2 rings (SSSR count). The number of alkyl halides is 3. The summed E-state index contributed by atoms with van der Waals surface area (Å²) in [5.74, 6) is -0.0613. The van der Waals surface area contributed by atoms with Crippen molar-refractivity contribution in [1.82, 2.24) is 15.2 Å². The van der Waals surface area contributed by atoms with Crippen LogP contribution in [0.5, 0.6) is 6.01 Å². The van der Waals surface area contributed by atoms with Crippen LogP contribution in [0, 0.1) is 0 Å². The number of nitrogens with one attached hydrogen (secondary N) is 3. The van der Waals surface area contributed by atoms with E-state index in [9.17, 15) is 18.0 Å². The van der Waals surface area contributed by atoms with Crippen molar-refractivity contribution in [3.8, 4) is 6.01 Å². The van der Waals surface area contributed by atoms with Crippen molar-refractivity contribution in [1.29, 1.82) is 0 Å². The third-order valence-corrected chi connectivity index (χ3v) is 2.36. The zero-order valence-corrected chi connectivity index (χ0v) is 10.7. The van der Waals surface area contributed by atoms with Gasteiger partial charge in [0.05, 0.1) is 18.4 Å². The summed E-state index contributed by atoms with van der Waals surface area (Å²) in [6, 6.07) is 3.71. The van der Waals surface area contributed by atoms with Crippen molar-refractivity contribution in [2.45, 2.75) is 6.18 Å². The fourth-order valence-electron chi connectivity index (χ4n) is 1.49. The molecule has 2 aromatic rings. The van der Waals surface area contributed by atoms with Gasteiger partial charge in [-0.05, 0) is 12.1 Å². The summed E-state index contributed by atoms with van der Waals surface area (Å²) < 4.78 is 43.0. The average Bonchev–Trinajstić information content (AvgIpc) is 2.85. The zero-order valence-electron chi connectivity index (χ0n) is 10.7. The van der Waals surface area contributed by atoms with Crippen molar-refractivity contribution >= 4 is 17.7 Å². The Balaban J connectivity index is 2.09. The van der Waals surface area contributed by atoms with Gasteiger partial charge < -0.3 is 10.1 Å². The Labute approximate surface area is 116 Å². The number of benzene rings is 1. The van der Waals surface area contributed by atoms with E-state index < -0.39 is 17.8 Å². The number of methoxy groups -OCH3 is 1. The van der Waals surface area contributed by atoms with Gasteiger partial charge in [0.2, 0.25) is 5.95 Å². The first-order valence-corrected chi connectivity index (χ1v) is 5.61. The highest BCUT2D eigenvalue weighted by atomic mass is 19.4. The van der Waals surface area contributed by atoms with E-state index in [1.54, 1.807) is 0 Å². The van der Waals surface area contributed by atoms with Crippen LogP contribution < -0.4 is 15.4 Å². The van der Waals surface area contributed by atoms with Crippen LogP contribution in [0.1, 0.15) is 5.56 Å². The molecule has 1 aromatic carbocycles. The molecule has 0 aliphatic carbocycles. The maximum Gasteiger partial charge on any atom is 0.418 e. The van der Waals surface area contributed by atoms with Crippen LogP contribution in [0.2, 0.25) is 0 Å². The van der Waals surface area contributed by atoms with Crippen molar-refractivity contribution in [3.05, 3.63) is 29.8 Å². The van der Waals surface area contributed by atoms with Gasteiger partial charge in [-0.1, -0.05) is 12.1 Å². The number of carbonyl (C=O) groups excluding carboxylic acids is 1. The highest BCUT2D eigenvalue weighted by molar-refractivity contribution is 5.99. The van der Waals surface area contributed by atoms with Crippen LogP contribution in [-0.4, -0.2) is 28.3 Å². The Bertz CT molecular complexity index is 641. The molecule has 0 aliphatic rings. The Kier molecular flexibility index (Phi) is 3.96. The van der Waals surface area contributed by atoms with Crippen LogP contribution in [0.3, 0.4) is 0 Å². The second-order valence-electron chi connectivity index (χ2n) is 3.79. The Morgan fingerprint density at radius 1 is 1.29 bits per heavy atom. The minimum Gasteiger partial charge on any atom is -0.466 e. The molecule has 1 aromatic heterocycles. The number of hydrogen-bond donors (Lipinski definition) is 3. The van der Waals surface area contributed by atoms with Crippen molar-refractivity contribution in [2.75, 3.05) is 17.7 Å². The van der Waals surface area contributed by atoms with Crippen LogP contribution >= 0.6 is 0 Å². The highest BCUT2D eigenvalue weighted by Gasteiger charge is 2.33. The quantitative estimate of drug-likeness (QED) is 0.812. The summed E-state index contributed by atoms with van der Waals surface area (Å²) in [6.45, 7) is 0. The van der Waals surface area contributed by atoms with Gasteiger partial charge in [-0.15, -0.1) is 5.10 Å². The first-order chi connectivity index (χ1) is 9.90. The standard InChI is InChI=1S/C11H10F3N5O2/c1-21-10-17-8(18-19-10)16-9(20)15-7-5-3-2-4-6(7)11(12,13)14/h2-5H,1H3,(H3,15,16,17,18,19,20). The number of urea groups is 1. The van der Waals surface area contributed by atoms with Gasteiger partial charge in [0.25, 0.3) is 0 Å². The molecule has 21 heavy (non-hydrogen) atoms. The van der Waals surface area contributed by atoms with Crippen LogP contribution in [0.25, 0.3) is 0 Å². The number of ether oxygens (including phenoxy) is 1. The largest absolute Gasteiger partial charge is 0.466 e. The fraction of sp³-hybridized carbons (Fsp3) is 0.182. The molecule has 10 heteroatoms. The summed E-state index contributed by atoms with van der Waals surface area (Å²) in [7, 11) is 1.33. The second-order valence-corrected chi connectivity index (χ2v) is 3.79. The predicted octanol–water partition coefficient (Wildman–Crippen LogP) is 2.48. The summed E-state index contributed by atoms with van der Waals surface area (Å²) in [5, 5.41) is 10.2. The van der Waals surface area contributed by atoms with E-state index >= 15 is 0 Å². The lowest BCUT2D eigenvalue weighted by Crippen LogP contribution is -2.22. The number of para-hydroxylation sites is 1. The van der Waals surface area contributed by atoms with E-state index in [-0.39, 0.29) is 17.6 Å². The molecular weight excluding hydrogens is 291 g/mol. The fourth-order valence-corrected chi connectivity index (χ4v) is 1.49. The number of aromatic nitrogens is 3. The molecule has 0 saturated carbocycles. The molecule has 1 heterocycles. The van der Waals surface area contributed by atoms with Gasteiger partial charge in [-0.25, -0.2) is 9.89 Å². The summed E-state index contributed by atoms with van der Waals surface area (Å²) >= 11 is 0. The molecular formula is C11H10F3N5O2. The first kappa shape index (κ1) is 14.6. The topological polar surface area (TPSA) is 91.9 Å². The lowest BCUT2D eigenvalue weighted by atomic mass is 10.1. The van der Waals surface area contributed by atoms with E-state index in [0.29, 0.717) is 0 Å². The monoisotopic (exact) mass is 301 g/mol. The molecule has 0 fully saturated rings. The molecule has 0 spiro atoms. The number of carbonyl (C=O) groups is 1. The van der Waals surface area contributed by atoms with E-state index in [1.165, 1.54) is 19.2 Å². The minimum absolute atomic E-state index is 0.0130. The van der Waals surface area contributed by atoms with Crippen molar-refractivity contribution in [3.63, 3.8) is 0 Å². The molecule has 3 N–H and O–H groups in total. The molecule has 0 bridgehead atoms. The van der Waals surface area contributed by atoms with E-state index in [2.05, 4.69) is 30.6 Å². The number of hydrogen-bond acceptors (Lipinski definition) is 4. The molecule has 0 atom stereocenters. The smallest absolute Gasteiger partial charge is 0.418 e. The number of amides is 2. The van der Waals surface area contributed by atoms with Gasteiger partial charge in [-0.3, -0.25) is 5.32 Å². The maximum absolute atomic E-state index is 12.8. The zero-order chi connectivity index (χ0) is 15.5. The molecule has 0 unspecified atom stereocenters. The van der Waals surface area contributed by atoms with Gasteiger partial charge in [0.15, 0.2) is 0 Å². The molecule has 0 aliphatic heterocycles. The lowest BCUT2D eigenvalue weighted by Gasteiger charge is -2.13. The molecule has 7 nitrogen and oxygen atoms in total. The van der Waals surface area contributed by atoms with Crippen LogP contribution in [-0.2, 0) is 6.18 Å². The molecule has 0 saturated heterocycles. The van der Waals surface area contributed by atoms with Gasteiger partial charge >= 0.3 is 18.2 Å². The van der Waals surface area contributed by atoms with Crippen molar-refractivity contribution in [2.24, 2.45) is 0 Å². The SMILES string of the molecule is COc1n[nH]c(NC(=O)Nc2ccccc2C(F)(F)F)n1. The Morgan fingerprint density at radius 3 is 2.62 bits per heavy atom. The van der Waals surface area contributed by atoms with Crippen molar-refractivity contribution < 1.29 is 22.7 Å². The third-order valence-electron chi connectivity index (χ3n) is 2.36. The maximum atomic E-state index is 12.8. The third kappa shape index (κ3) is 3.61. The summed E-state index contributed by atoms with van der Waals surface area (Å²) in [4.78, 5) is 15.3. The van der Waals surface area contributed by atoms with E-state index in [4.69, 9.17) is 0 Å². The molecule has 0 radical (unpaired) electrons. The first-order valence-electron chi connectivity index (χ1n) is 5.61. The normalized spacial score (nSPS) is 11.0. The van der Waals surface area contributed by atoms with Gasteiger partial charge in [-0.2, -0.15) is 18.2 Å². The lowest BCUT2D eigenvalue weighted by molar-refractivity contribution is -0.136. The average molecular weight is 301 g/mol. The van der Waals surface area contributed by atoms with Crippen LogP contribution in [0.4, 0.5) is 29.6 Å². The summed E-state index contributed by atoms with van der Waals surface area (Å²) in [5.41, 5.74) is -1.32. The minimum atomic E-state index is -4.57.